The van der Waals surface area contributed by atoms with Crippen molar-refractivity contribution in [3.63, 3.8) is 0 Å². The van der Waals surface area contributed by atoms with Crippen molar-refractivity contribution in [2.45, 2.75) is 39.7 Å². The largest absolute Gasteiger partial charge is 0.271 e. The van der Waals surface area contributed by atoms with E-state index in [2.05, 4.69) is 12.0 Å². The van der Waals surface area contributed by atoms with Crippen LogP contribution in [0.2, 0.25) is 5.02 Å². The van der Waals surface area contributed by atoms with Gasteiger partial charge in [-0.2, -0.15) is 5.10 Å². The molecule has 0 spiro atoms. The van der Waals surface area contributed by atoms with Gasteiger partial charge in [0.2, 0.25) is 0 Å². The summed E-state index contributed by atoms with van der Waals surface area (Å²) in [6.45, 7) is 4.58. The van der Waals surface area contributed by atoms with E-state index in [1.807, 2.05) is 10.9 Å². The van der Waals surface area contributed by atoms with Crippen LogP contribution in [0.15, 0.2) is 12.4 Å². The molecule has 2 rings (SSSR count). The molecule has 0 saturated heterocycles. The summed E-state index contributed by atoms with van der Waals surface area (Å²) in [6.07, 6.45) is 7.68. The molecule has 1 saturated carbocycles. The van der Waals surface area contributed by atoms with E-state index in [1.54, 1.807) is 6.20 Å². The van der Waals surface area contributed by atoms with Crippen molar-refractivity contribution in [2.24, 2.45) is 11.8 Å². The highest BCUT2D eigenvalue weighted by Gasteiger charge is 2.21. The Morgan fingerprint density at radius 1 is 1.56 bits per heavy atom. The highest BCUT2D eigenvalue weighted by Crippen LogP contribution is 2.31. The number of aromatic nitrogens is 2. The molecule has 1 aromatic rings. The minimum Gasteiger partial charge on any atom is -0.271 e. The Hall–Kier alpha value is -0.570. The number of alkyl halides is 1. The zero-order valence-corrected chi connectivity index (χ0v) is 10.8. The number of hydrogen-bond donors (Lipinski definition) is 0. The molecule has 1 fully saturated rings. The predicted molar refractivity (Wildman–Crippen MR) is 65.4 cm³/mol. The normalized spacial score (nSPS) is 24.0. The smallest absolute Gasteiger partial charge is 0.0866 e. The van der Waals surface area contributed by atoms with Crippen molar-refractivity contribution in [1.82, 2.24) is 9.78 Å². The van der Waals surface area contributed by atoms with Crippen molar-refractivity contribution >= 4 is 11.6 Å². The summed E-state index contributed by atoms with van der Waals surface area (Å²) in [5.74, 6) is 1.71. The second kappa shape index (κ2) is 6.89. The van der Waals surface area contributed by atoms with Crippen LogP contribution >= 0.6 is 11.6 Å². The van der Waals surface area contributed by atoms with Gasteiger partial charge in [-0.05, 0) is 31.6 Å². The molecule has 1 heterocycles. The van der Waals surface area contributed by atoms with Gasteiger partial charge in [-0.3, -0.25) is 9.07 Å². The van der Waals surface area contributed by atoms with E-state index >= 15 is 0 Å². The lowest BCUT2D eigenvalue weighted by molar-refractivity contribution is 0.416. The van der Waals surface area contributed by atoms with Gasteiger partial charge in [-0.15, -0.1) is 0 Å². The van der Waals surface area contributed by atoms with E-state index in [0.29, 0.717) is 0 Å². The lowest BCUT2D eigenvalue weighted by Crippen LogP contribution is -2.07. The van der Waals surface area contributed by atoms with E-state index < -0.39 is 0 Å². The van der Waals surface area contributed by atoms with E-state index in [-0.39, 0.29) is 6.67 Å². The number of rotatable bonds is 2. The van der Waals surface area contributed by atoms with Gasteiger partial charge in [0.15, 0.2) is 0 Å². The van der Waals surface area contributed by atoms with Crippen molar-refractivity contribution in [3.05, 3.63) is 17.4 Å². The molecule has 1 aliphatic rings. The van der Waals surface area contributed by atoms with Crippen LogP contribution in [0.3, 0.4) is 0 Å². The summed E-state index contributed by atoms with van der Waals surface area (Å²) in [5, 5.41) is 4.93. The zero-order chi connectivity index (χ0) is 12.0. The van der Waals surface area contributed by atoms with E-state index in [9.17, 15) is 4.39 Å². The monoisotopic (exact) mass is 246 g/mol. The summed E-state index contributed by atoms with van der Waals surface area (Å²) in [6, 6.07) is 0. The SMILES string of the molecule is CC1CCC(Cn2cc(Cl)cn2)C1.CCF. The lowest BCUT2D eigenvalue weighted by atomic mass is 10.1. The zero-order valence-electron chi connectivity index (χ0n) is 10.00. The molecular formula is C12H20ClFN2. The molecule has 0 aromatic carbocycles. The number of nitrogens with zero attached hydrogens (tertiary/aromatic N) is 2. The van der Waals surface area contributed by atoms with Crippen molar-refractivity contribution in [3.8, 4) is 0 Å². The van der Waals surface area contributed by atoms with E-state index in [1.165, 1.54) is 26.2 Å². The molecule has 0 N–H and O–H groups in total. The van der Waals surface area contributed by atoms with Crippen molar-refractivity contribution in [1.29, 1.82) is 0 Å². The van der Waals surface area contributed by atoms with Gasteiger partial charge in [0.05, 0.1) is 17.9 Å². The van der Waals surface area contributed by atoms with Gasteiger partial charge in [0.1, 0.15) is 0 Å². The van der Waals surface area contributed by atoms with Gasteiger partial charge in [-0.25, -0.2) is 0 Å². The minimum atomic E-state index is -0.250. The van der Waals surface area contributed by atoms with Crippen LogP contribution in [0, 0.1) is 11.8 Å². The highest BCUT2D eigenvalue weighted by molar-refractivity contribution is 6.30. The molecule has 0 bridgehead atoms. The molecule has 4 heteroatoms. The lowest BCUT2D eigenvalue weighted by Gasteiger charge is -2.08. The van der Waals surface area contributed by atoms with Crippen LogP contribution < -0.4 is 0 Å². The maximum atomic E-state index is 10.3. The first-order valence-corrected chi connectivity index (χ1v) is 6.27. The van der Waals surface area contributed by atoms with Crippen LogP contribution in [0.1, 0.15) is 33.1 Å². The average Bonchev–Trinajstić information content (AvgIpc) is 2.78. The Kier molecular flexibility index (Phi) is 5.81. The molecule has 2 atom stereocenters. The van der Waals surface area contributed by atoms with Crippen molar-refractivity contribution in [2.75, 3.05) is 6.67 Å². The summed E-state index contributed by atoms with van der Waals surface area (Å²) in [7, 11) is 0. The minimum absolute atomic E-state index is 0.250. The van der Waals surface area contributed by atoms with Crippen LogP contribution in [0.25, 0.3) is 0 Å². The summed E-state index contributed by atoms with van der Waals surface area (Å²) >= 11 is 5.79. The standard InChI is InChI=1S/C10H15ClN2.C2H5F/c1-8-2-3-9(4-8)6-13-7-10(11)5-12-13;1-2-3/h5,7-9H,2-4,6H2,1H3;2H2,1H3. The Labute approximate surface area is 102 Å². The van der Waals surface area contributed by atoms with Gasteiger partial charge < -0.3 is 0 Å². The molecular weight excluding hydrogens is 227 g/mol. The quantitative estimate of drug-likeness (QED) is 0.773. The van der Waals surface area contributed by atoms with Gasteiger partial charge in [0.25, 0.3) is 0 Å². The van der Waals surface area contributed by atoms with Gasteiger partial charge in [-0.1, -0.05) is 24.9 Å². The Morgan fingerprint density at radius 2 is 2.25 bits per heavy atom. The van der Waals surface area contributed by atoms with Crippen LogP contribution in [-0.2, 0) is 6.54 Å². The second-order valence-electron chi connectivity index (χ2n) is 4.43. The molecule has 2 unspecified atom stereocenters. The third-order valence-electron chi connectivity index (χ3n) is 2.85. The summed E-state index contributed by atoms with van der Waals surface area (Å²) < 4.78 is 12.3. The molecule has 92 valence electrons. The topological polar surface area (TPSA) is 17.8 Å². The van der Waals surface area contributed by atoms with Crippen LogP contribution in [-0.4, -0.2) is 16.5 Å². The first kappa shape index (κ1) is 13.5. The third kappa shape index (κ3) is 4.52. The molecule has 2 nitrogen and oxygen atoms in total. The summed E-state index contributed by atoms with van der Waals surface area (Å²) in [4.78, 5) is 0. The van der Waals surface area contributed by atoms with Crippen LogP contribution in [0.5, 0.6) is 0 Å². The second-order valence-corrected chi connectivity index (χ2v) is 4.87. The Balaban J connectivity index is 0.000000386. The maximum Gasteiger partial charge on any atom is 0.0866 e. The Morgan fingerprint density at radius 3 is 2.69 bits per heavy atom. The predicted octanol–water partition coefficient (Wildman–Crippen LogP) is 3.95. The fourth-order valence-electron chi connectivity index (χ4n) is 2.19. The van der Waals surface area contributed by atoms with E-state index in [0.717, 1.165) is 23.4 Å². The van der Waals surface area contributed by atoms with E-state index in [4.69, 9.17) is 11.6 Å². The molecule has 16 heavy (non-hydrogen) atoms. The third-order valence-corrected chi connectivity index (χ3v) is 3.05. The fraction of sp³-hybridized carbons (Fsp3) is 0.750. The Bertz CT molecular complexity index is 301. The molecule has 0 radical (unpaired) electrons. The maximum absolute atomic E-state index is 10.3. The molecule has 1 aliphatic carbocycles. The van der Waals surface area contributed by atoms with Crippen LogP contribution in [0.4, 0.5) is 4.39 Å². The molecule has 0 amide bonds. The average molecular weight is 247 g/mol. The highest BCUT2D eigenvalue weighted by atomic mass is 35.5. The first-order chi connectivity index (χ1) is 7.65. The molecule has 1 aromatic heterocycles. The number of halogens is 2. The fourth-order valence-corrected chi connectivity index (χ4v) is 2.35. The van der Waals surface area contributed by atoms with Gasteiger partial charge >= 0.3 is 0 Å². The van der Waals surface area contributed by atoms with Gasteiger partial charge in [0, 0.05) is 12.7 Å². The first-order valence-electron chi connectivity index (χ1n) is 5.89. The van der Waals surface area contributed by atoms with Crippen molar-refractivity contribution < 1.29 is 4.39 Å². The summed E-state index contributed by atoms with van der Waals surface area (Å²) in [5.41, 5.74) is 0. The number of hydrogen-bond acceptors (Lipinski definition) is 1. The molecule has 0 aliphatic heterocycles.